The Balaban J connectivity index is 1.86. The molecule has 0 bridgehead atoms. The molecule has 2 fully saturated rings. The highest BCUT2D eigenvalue weighted by atomic mass is 32.2. The third kappa shape index (κ3) is 3.48. The van der Waals surface area contributed by atoms with Gasteiger partial charge < -0.3 is 5.32 Å². The zero-order valence-corrected chi connectivity index (χ0v) is 13.5. The molecular formula is C15H25N3OS. The lowest BCUT2D eigenvalue weighted by atomic mass is 9.98. The van der Waals surface area contributed by atoms with E-state index < -0.39 is 5.54 Å². The molecule has 2 aliphatic rings. The molecule has 0 spiro atoms. The molecule has 1 N–H and O–H groups in total. The van der Waals surface area contributed by atoms with E-state index in [0.29, 0.717) is 23.8 Å². The van der Waals surface area contributed by atoms with Gasteiger partial charge >= 0.3 is 0 Å². The summed E-state index contributed by atoms with van der Waals surface area (Å²) >= 11 is 1.90. The van der Waals surface area contributed by atoms with Gasteiger partial charge in [-0.15, -0.1) is 0 Å². The average molecular weight is 295 g/mol. The first-order valence-electron chi connectivity index (χ1n) is 7.45. The summed E-state index contributed by atoms with van der Waals surface area (Å²) in [5, 5.41) is 12.9. The first-order chi connectivity index (χ1) is 9.50. The molecule has 0 aliphatic heterocycles. The third-order valence-electron chi connectivity index (χ3n) is 4.70. The van der Waals surface area contributed by atoms with Crippen LogP contribution in [0.1, 0.15) is 39.0 Å². The van der Waals surface area contributed by atoms with Gasteiger partial charge in [-0.3, -0.25) is 9.69 Å². The number of amides is 1. The second kappa shape index (κ2) is 6.36. The van der Waals surface area contributed by atoms with Crippen molar-refractivity contribution in [2.24, 2.45) is 5.92 Å². The van der Waals surface area contributed by atoms with Gasteiger partial charge in [0.1, 0.15) is 5.54 Å². The lowest BCUT2D eigenvalue weighted by Gasteiger charge is -2.30. The summed E-state index contributed by atoms with van der Waals surface area (Å²) in [4.78, 5) is 14.4. The lowest BCUT2D eigenvalue weighted by Crippen LogP contribution is -2.51. The number of likely N-dealkylation sites (N-methyl/N-ethyl adjacent to an activating group) is 1. The molecule has 0 radical (unpaired) electrons. The van der Waals surface area contributed by atoms with Crippen LogP contribution in [-0.4, -0.2) is 47.5 Å². The molecule has 5 heteroatoms. The number of thioether (sulfide) groups is 1. The smallest absolute Gasteiger partial charge is 0.235 e. The predicted octanol–water partition coefficient (Wildman–Crippen LogP) is 2.01. The fourth-order valence-corrected chi connectivity index (χ4v) is 4.30. The van der Waals surface area contributed by atoms with E-state index in [2.05, 4.69) is 22.5 Å². The van der Waals surface area contributed by atoms with Crippen LogP contribution in [0, 0.1) is 17.2 Å². The van der Waals surface area contributed by atoms with Crippen LogP contribution in [-0.2, 0) is 4.79 Å². The highest BCUT2D eigenvalue weighted by Crippen LogP contribution is 2.39. The Labute approximate surface area is 126 Å². The van der Waals surface area contributed by atoms with E-state index in [9.17, 15) is 10.1 Å². The molecule has 4 nitrogen and oxygen atoms in total. The maximum absolute atomic E-state index is 12.2. The van der Waals surface area contributed by atoms with Crippen LogP contribution in [0.5, 0.6) is 0 Å². The van der Waals surface area contributed by atoms with E-state index in [4.69, 9.17) is 0 Å². The van der Waals surface area contributed by atoms with Crippen LogP contribution in [0.4, 0.5) is 0 Å². The summed E-state index contributed by atoms with van der Waals surface area (Å²) in [6.45, 7) is 2.24. The molecule has 3 atom stereocenters. The highest BCUT2D eigenvalue weighted by molar-refractivity contribution is 7.99. The molecule has 3 unspecified atom stereocenters. The second-order valence-corrected chi connectivity index (χ2v) is 7.40. The Morgan fingerprint density at radius 1 is 1.45 bits per heavy atom. The molecule has 2 aliphatic carbocycles. The molecule has 0 saturated heterocycles. The summed E-state index contributed by atoms with van der Waals surface area (Å²) in [5.74, 6) is 0.322. The van der Waals surface area contributed by atoms with Gasteiger partial charge in [0.2, 0.25) is 5.91 Å². The van der Waals surface area contributed by atoms with Gasteiger partial charge in [-0.1, -0.05) is 6.42 Å². The van der Waals surface area contributed by atoms with E-state index >= 15 is 0 Å². The fourth-order valence-electron chi connectivity index (χ4n) is 3.24. The summed E-state index contributed by atoms with van der Waals surface area (Å²) in [5.41, 5.74) is -0.674. The van der Waals surface area contributed by atoms with Crippen molar-refractivity contribution in [2.75, 3.05) is 19.8 Å². The monoisotopic (exact) mass is 295 g/mol. The van der Waals surface area contributed by atoms with Crippen molar-refractivity contribution >= 4 is 17.7 Å². The maximum atomic E-state index is 12.2. The molecule has 0 aromatic carbocycles. The van der Waals surface area contributed by atoms with Gasteiger partial charge in [0, 0.05) is 11.3 Å². The Morgan fingerprint density at radius 3 is 2.70 bits per heavy atom. The summed E-state index contributed by atoms with van der Waals surface area (Å²) in [7, 11) is 2.03. The minimum Gasteiger partial charge on any atom is -0.337 e. The maximum Gasteiger partial charge on any atom is 0.235 e. The first kappa shape index (κ1) is 15.7. The van der Waals surface area contributed by atoms with Gasteiger partial charge in [-0.25, -0.2) is 0 Å². The van der Waals surface area contributed by atoms with Crippen LogP contribution in [0.3, 0.4) is 0 Å². The van der Waals surface area contributed by atoms with Gasteiger partial charge in [-0.2, -0.15) is 17.0 Å². The van der Waals surface area contributed by atoms with Crippen molar-refractivity contribution in [2.45, 2.75) is 55.9 Å². The minimum absolute atomic E-state index is 0.0183. The van der Waals surface area contributed by atoms with E-state index in [0.717, 1.165) is 12.8 Å². The quantitative estimate of drug-likeness (QED) is 0.814. The zero-order valence-electron chi connectivity index (χ0n) is 12.7. The standard InChI is InChI=1S/C15H25N3OS/c1-15(10-16,11-7-8-11)17-14(19)9-18(2)12-5-4-6-13(12)20-3/h11-13H,4-9H2,1-3H3,(H,17,19). The SMILES string of the molecule is CSC1CCCC1N(C)CC(=O)NC(C)(C#N)C1CC1. The molecule has 2 saturated carbocycles. The summed E-state index contributed by atoms with van der Waals surface area (Å²) < 4.78 is 0. The van der Waals surface area contributed by atoms with Gasteiger partial charge in [-0.05, 0) is 51.8 Å². The Kier molecular flexibility index (Phi) is 4.98. The number of carbonyl (C=O) groups excluding carboxylic acids is 1. The van der Waals surface area contributed by atoms with E-state index in [1.54, 1.807) is 0 Å². The normalized spacial score (nSPS) is 28.9. The van der Waals surface area contributed by atoms with Crippen molar-refractivity contribution in [1.82, 2.24) is 10.2 Å². The number of carbonyl (C=O) groups is 1. The molecule has 2 rings (SSSR count). The Hall–Kier alpha value is -0.730. The fraction of sp³-hybridized carbons (Fsp3) is 0.867. The summed E-state index contributed by atoms with van der Waals surface area (Å²) in [6, 6.07) is 2.77. The molecule has 0 aromatic heterocycles. The minimum atomic E-state index is -0.674. The van der Waals surface area contributed by atoms with Crippen LogP contribution >= 0.6 is 11.8 Å². The Bertz CT molecular complexity index is 404. The topological polar surface area (TPSA) is 56.1 Å². The largest absolute Gasteiger partial charge is 0.337 e. The average Bonchev–Trinajstić information content (AvgIpc) is 3.16. The molecule has 0 heterocycles. The Morgan fingerprint density at radius 2 is 2.15 bits per heavy atom. The predicted molar refractivity (Wildman–Crippen MR) is 82.5 cm³/mol. The summed E-state index contributed by atoms with van der Waals surface area (Å²) in [6.07, 6.45) is 7.93. The number of nitrogens with one attached hydrogen (secondary N) is 1. The number of rotatable bonds is 6. The van der Waals surface area contributed by atoms with Gasteiger partial charge in [0.05, 0.1) is 12.6 Å². The van der Waals surface area contributed by atoms with Crippen molar-refractivity contribution < 1.29 is 4.79 Å². The van der Waals surface area contributed by atoms with E-state index in [1.807, 2.05) is 25.7 Å². The van der Waals surface area contributed by atoms with Crippen LogP contribution in [0.25, 0.3) is 0 Å². The van der Waals surface area contributed by atoms with Gasteiger partial charge in [0.25, 0.3) is 0 Å². The van der Waals surface area contributed by atoms with Crippen LogP contribution < -0.4 is 5.32 Å². The number of hydrogen-bond donors (Lipinski definition) is 1. The molecule has 20 heavy (non-hydrogen) atoms. The van der Waals surface area contributed by atoms with Gasteiger partial charge in [0.15, 0.2) is 0 Å². The highest BCUT2D eigenvalue weighted by Gasteiger charge is 2.43. The molecular weight excluding hydrogens is 270 g/mol. The van der Waals surface area contributed by atoms with Crippen molar-refractivity contribution in [3.05, 3.63) is 0 Å². The molecule has 112 valence electrons. The number of nitrogens with zero attached hydrogens (tertiary/aromatic N) is 2. The van der Waals surface area contributed by atoms with Crippen molar-refractivity contribution in [3.63, 3.8) is 0 Å². The third-order valence-corrected chi connectivity index (χ3v) is 5.86. The first-order valence-corrected chi connectivity index (χ1v) is 8.74. The van der Waals surface area contributed by atoms with Crippen LogP contribution in [0.2, 0.25) is 0 Å². The molecule has 1 amide bonds. The molecule has 0 aromatic rings. The van der Waals surface area contributed by atoms with E-state index in [-0.39, 0.29) is 5.91 Å². The second-order valence-electron chi connectivity index (χ2n) is 6.32. The van der Waals surface area contributed by atoms with Crippen molar-refractivity contribution in [3.8, 4) is 6.07 Å². The number of nitriles is 1. The lowest BCUT2D eigenvalue weighted by molar-refractivity contribution is -0.123. The van der Waals surface area contributed by atoms with E-state index in [1.165, 1.54) is 19.3 Å². The van der Waals surface area contributed by atoms with Crippen molar-refractivity contribution in [1.29, 1.82) is 5.26 Å². The van der Waals surface area contributed by atoms with Crippen LogP contribution in [0.15, 0.2) is 0 Å². The zero-order chi connectivity index (χ0) is 14.8. The number of hydrogen-bond acceptors (Lipinski definition) is 4.